The van der Waals surface area contributed by atoms with Crippen LogP contribution in [0.15, 0.2) is 23.2 Å². The summed E-state index contributed by atoms with van der Waals surface area (Å²) in [6.07, 6.45) is 5.09. The number of rotatable bonds is 4. The van der Waals surface area contributed by atoms with Crippen LogP contribution in [0.1, 0.15) is 31.2 Å². The van der Waals surface area contributed by atoms with E-state index in [0.717, 1.165) is 25.7 Å². The van der Waals surface area contributed by atoms with E-state index in [2.05, 4.69) is 10.3 Å². The van der Waals surface area contributed by atoms with Crippen LogP contribution in [0.3, 0.4) is 0 Å². The highest BCUT2D eigenvalue weighted by Crippen LogP contribution is 2.47. The summed E-state index contributed by atoms with van der Waals surface area (Å²) in [7, 11) is 0. The van der Waals surface area contributed by atoms with Gasteiger partial charge in [0.1, 0.15) is 0 Å². The molecule has 4 amide bonds. The molecule has 2 saturated carbocycles. The van der Waals surface area contributed by atoms with Crippen LogP contribution in [-0.4, -0.2) is 39.9 Å². The Morgan fingerprint density at radius 1 is 1.25 bits per heavy atom. The minimum absolute atomic E-state index is 0.129. The lowest BCUT2D eigenvalue weighted by Gasteiger charge is -2.36. The number of carbonyl (C=O) groups excluding carboxylic acids is 3. The number of amides is 4. The second kappa shape index (κ2) is 6.81. The molecule has 0 spiro atoms. The Morgan fingerprint density at radius 2 is 2.04 bits per heavy atom. The van der Waals surface area contributed by atoms with Gasteiger partial charge >= 0.3 is 6.03 Å². The van der Waals surface area contributed by atoms with E-state index in [1.165, 1.54) is 23.2 Å². The third kappa shape index (κ3) is 3.06. The highest BCUT2D eigenvalue weighted by atomic mass is 16.6. The quantitative estimate of drug-likeness (QED) is 0.370. The molecule has 0 unspecified atom stereocenters. The number of benzene rings is 1. The number of carbonyl (C=O) groups is 3. The van der Waals surface area contributed by atoms with Crippen LogP contribution in [-0.2, 0) is 9.59 Å². The van der Waals surface area contributed by atoms with Gasteiger partial charge in [-0.3, -0.25) is 34.9 Å². The molecule has 1 saturated heterocycles. The third-order valence-electron chi connectivity index (χ3n) is 6.03. The highest BCUT2D eigenvalue weighted by molar-refractivity contribution is 6.23. The Morgan fingerprint density at radius 3 is 2.68 bits per heavy atom. The van der Waals surface area contributed by atoms with Crippen molar-refractivity contribution < 1.29 is 19.3 Å². The molecule has 9 heteroatoms. The van der Waals surface area contributed by atoms with E-state index in [-0.39, 0.29) is 11.7 Å². The zero-order valence-corrected chi connectivity index (χ0v) is 15.3. The van der Waals surface area contributed by atoms with Gasteiger partial charge in [0.15, 0.2) is 5.92 Å². The molecule has 3 fully saturated rings. The monoisotopic (exact) mass is 384 g/mol. The van der Waals surface area contributed by atoms with Crippen LogP contribution < -0.4 is 5.32 Å². The zero-order valence-electron chi connectivity index (χ0n) is 15.3. The lowest BCUT2D eigenvalue weighted by molar-refractivity contribution is -0.384. The van der Waals surface area contributed by atoms with Crippen molar-refractivity contribution in [3.63, 3.8) is 0 Å². The van der Waals surface area contributed by atoms with Gasteiger partial charge in [-0.25, -0.2) is 4.79 Å². The fourth-order valence-electron chi connectivity index (χ4n) is 4.58. The van der Waals surface area contributed by atoms with E-state index in [1.54, 1.807) is 13.0 Å². The Labute approximate surface area is 161 Å². The summed E-state index contributed by atoms with van der Waals surface area (Å²) in [5, 5.41) is 13.2. The second-order valence-corrected chi connectivity index (χ2v) is 7.73. The minimum Gasteiger partial charge on any atom is -0.277 e. The van der Waals surface area contributed by atoms with Crippen molar-refractivity contribution in [3.8, 4) is 0 Å². The molecule has 1 aromatic carbocycles. The predicted molar refractivity (Wildman–Crippen MR) is 99.1 cm³/mol. The maximum absolute atomic E-state index is 12.9. The average Bonchev–Trinajstić information content (AvgIpc) is 3.25. The molecule has 9 nitrogen and oxygen atoms in total. The number of nitrogens with one attached hydrogen (secondary N) is 1. The van der Waals surface area contributed by atoms with Gasteiger partial charge in [-0.2, -0.15) is 0 Å². The number of hydrogen-bond donors (Lipinski definition) is 1. The Kier molecular flexibility index (Phi) is 4.44. The van der Waals surface area contributed by atoms with Crippen LogP contribution in [0.25, 0.3) is 0 Å². The van der Waals surface area contributed by atoms with Crippen LogP contribution in [0.4, 0.5) is 16.2 Å². The second-order valence-electron chi connectivity index (χ2n) is 7.73. The molecule has 4 rings (SSSR count). The third-order valence-corrected chi connectivity index (χ3v) is 6.03. The standard InChI is InChI=1S/C19H20N4O5/c1-10-2-5-13(23(27)28)8-15(10)20-9-14-17(24)21-19(26)22(18(14)25)16-7-11-3-4-12(16)6-11/h2,5,8-9,11-12,14,16H,3-4,6-7H2,1H3,(H,21,24,26)/t11-,12-,14-,16-/m0/s1. The summed E-state index contributed by atoms with van der Waals surface area (Å²) in [4.78, 5) is 53.3. The summed E-state index contributed by atoms with van der Waals surface area (Å²) in [5.41, 5.74) is 0.848. The molecule has 0 radical (unpaired) electrons. The number of barbiturate groups is 1. The van der Waals surface area contributed by atoms with Gasteiger partial charge in [-0.1, -0.05) is 12.5 Å². The molecular formula is C19H20N4O5. The average molecular weight is 384 g/mol. The van der Waals surface area contributed by atoms with Crippen molar-refractivity contribution in [1.82, 2.24) is 10.2 Å². The molecule has 2 bridgehead atoms. The van der Waals surface area contributed by atoms with E-state index in [4.69, 9.17) is 0 Å². The van der Waals surface area contributed by atoms with Crippen LogP contribution >= 0.6 is 0 Å². The molecule has 4 atom stereocenters. The first kappa shape index (κ1) is 18.3. The minimum atomic E-state index is -1.23. The van der Waals surface area contributed by atoms with Gasteiger partial charge in [-0.15, -0.1) is 0 Å². The van der Waals surface area contributed by atoms with Crippen LogP contribution in [0.2, 0.25) is 0 Å². The first-order chi connectivity index (χ1) is 13.3. The number of non-ortho nitro benzene ring substituents is 1. The summed E-state index contributed by atoms with van der Waals surface area (Å²) >= 11 is 0. The Bertz CT molecular complexity index is 912. The van der Waals surface area contributed by atoms with Gasteiger partial charge < -0.3 is 0 Å². The van der Waals surface area contributed by atoms with Crippen molar-refractivity contribution in [2.24, 2.45) is 22.7 Å². The molecule has 28 heavy (non-hydrogen) atoms. The number of nitro benzene ring substituents is 1. The summed E-state index contributed by atoms with van der Waals surface area (Å²) < 4.78 is 0. The SMILES string of the molecule is Cc1ccc([N+](=O)[O-])cc1N=C[C@H]1C(=O)NC(=O)N([C@H]2C[C@H]3CC[C@H]2C3)C1=O. The van der Waals surface area contributed by atoms with Crippen molar-refractivity contribution in [3.05, 3.63) is 33.9 Å². The first-order valence-corrected chi connectivity index (χ1v) is 9.32. The molecular weight excluding hydrogens is 364 g/mol. The maximum Gasteiger partial charge on any atom is 0.331 e. The van der Waals surface area contributed by atoms with Crippen molar-refractivity contribution in [2.75, 3.05) is 0 Å². The molecule has 2 aliphatic carbocycles. The largest absolute Gasteiger partial charge is 0.331 e. The molecule has 1 heterocycles. The van der Waals surface area contributed by atoms with E-state index in [9.17, 15) is 24.5 Å². The van der Waals surface area contributed by atoms with Crippen molar-refractivity contribution in [2.45, 2.75) is 38.6 Å². The van der Waals surface area contributed by atoms with Gasteiger partial charge in [0.2, 0.25) is 11.8 Å². The lowest BCUT2D eigenvalue weighted by Crippen LogP contribution is -2.62. The number of aryl methyl sites for hydroxylation is 1. The predicted octanol–water partition coefficient (Wildman–Crippen LogP) is 2.49. The smallest absolute Gasteiger partial charge is 0.277 e. The molecule has 1 N–H and O–H groups in total. The van der Waals surface area contributed by atoms with Gasteiger partial charge in [-0.05, 0) is 43.6 Å². The van der Waals surface area contributed by atoms with E-state index < -0.39 is 28.7 Å². The van der Waals surface area contributed by atoms with Gasteiger partial charge in [0, 0.05) is 24.4 Å². The van der Waals surface area contributed by atoms with Crippen molar-refractivity contribution in [1.29, 1.82) is 0 Å². The van der Waals surface area contributed by atoms with E-state index in [1.807, 2.05) is 0 Å². The number of aliphatic imine (C=N–C) groups is 1. The highest BCUT2D eigenvalue weighted by Gasteiger charge is 2.50. The number of imide groups is 2. The first-order valence-electron chi connectivity index (χ1n) is 9.32. The van der Waals surface area contributed by atoms with E-state index in [0.29, 0.717) is 23.1 Å². The van der Waals surface area contributed by atoms with Crippen molar-refractivity contribution >= 4 is 35.4 Å². The normalized spacial score (nSPS) is 29.6. The van der Waals surface area contributed by atoms with E-state index >= 15 is 0 Å². The number of fused-ring (bicyclic) bond motifs is 2. The summed E-state index contributed by atoms with van der Waals surface area (Å²) in [5.74, 6) is -1.69. The van der Waals surface area contributed by atoms with Gasteiger partial charge in [0.05, 0.1) is 10.6 Å². The Hall–Kier alpha value is -3.10. The number of hydrogen-bond acceptors (Lipinski definition) is 6. The number of nitro groups is 1. The van der Waals surface area contributed by atoms with Crippen LogP contribution in [0.5, 0.6) is 0 Å². The maximum atomic E-state index is 12.9. The zero-order chi connectivity index (χ0) is 20.0. The molecule has 0 aromatic heterocycles. The lowest BCUT2D eigenvalue weighted by atomic mass is 9.92. The fraction of sp³-hybridized carbons (Fsp3) is 0.474. The number of urea groups is 1. The fourth-order valence-corrected chi connectivity index (χ4v) is 4.58. The number of nitrogens with zero attached hydrogens (tertiary/aromatic N) is 3. The summed E-state index contributed by atoms with van der Waals surface area (Å²) in [6.45, 7) is 1.73. The molecule has 146 valence electrons. The summed E-state index contributed by atoms with van der Waals surface area (Å²) in [6, 6.07) is 3.37. The topological polar surface area (TPSA) is 122 Å². The molecule has 1 aliphatic heterocycles. The van der Waals surface area contributed by atoms with Crippen LogP contribution in [0, 0.1) is 34.8 Å². The molecule has 3 aliphatic rings. The molecule has 1 aromatic rings. The Balaban J connectivity index is 1.58. The van der Waals surface area contributed by atoms with Gasteiger partial charge in [0.25, 0.3) is 5.69 Å².